The van der Waals surface area contributed by atoms with Gasteiger partial charge in [0.25, 0.3) is 0 Å². The number of carbonyl (C=O) groups is 1. The second-order valence-corrected chi connectivity index (χ2v) is 5.86. The second-order valence-electron chi connectivity index (χ2n) is 5.45. The minimum atomic E-state index is 0.0250. The Bertz CT molecular complexity index is 571. The van der Waals surface area contributed by atoms with E-state index < -0.39 is 0 Å². The predicted molar refractivity (Wildman–Crippen MR) is 81.3 cm³/mol. The first-order chi connectivity index (χ1) is 10.6. The van der Waals surface area contributed by atoms with E-state index in [1.54, 1.807) is 6.92 Å². The van der Waals surface area contributed by atoms with Gasteiger partial charge in [-0.05, 0) is 6.42 Å². The summed E-state index contributed by atoms with van der Waals surface area (Å²) in [5.74, 6) is 0.715. The highest BCUT2D eigenvalue weighted by atomic mass is 35.5. The quantitative estimate of drug-likeness (QED) is 0.806. The summed E-state index contributed by atoms with van der Waals surface area (Å²) in [4.78, 5) is 24.1. The molecule has 3 heterocycles. The zero-order valence-electron chi connectivity index (χ0n) is 12.7. The number of carbonyl (C=O) groups excluding carboxylic acids is 1. The molecule has 0 radical (unpaired) electrons. The Labute approximate surface area is 134 Å². The van der Waals surface area contributed by atoms with Crippen molar-refractivity contribution in [1.82, 2.24) is 14.9 Å². The number of piperidine rings is 1. The van der Waals surface area contributed by atoms with Gasteiger partial charge in [0.1, 0.15) is 5.02 Å². The number of rotatable bonds is 2. The van der Waals surface area contributed by atoms with Gasteiger partial charge in [-0.15, -0.1) is 0 Å². The number of morpholine rings is 1. The van der Waals surface area contributed by atoms with Gasteiger partial charge in [-0.3, -0.25) is 4.79 Å². The Morgan fingerprint density at radius 1 is 1.50 bits per heavy atom. The molecule has 0 aromatic carbocycles. The molecule has 0 aliphatic carbocycles. The monoisotopic (exact) mass is 326 g/mol. The van der Waals surface area contributed by atoms with Gasteiger partial charge in [0, 0.05) is 26.6 Å². The van der Waals surface area contributed by atoms with Crippen molar-refractivity contribution < 1.29 is 14.3 Å². The number of aromatic nitrogens is 2. The van der Waals surface area contributed by atoms with Crippen LogP contribution < -0.4 is 9.64 Å². The molecule has 1 aromatic heterocycles. The second kappa shape index (κ2) is 6.26. The van der Waals surface area contributed by atoms with Crippen molar-refractivity contribution in [3.63, 3.8) is 0 Å². The molecule has 22 heavy (non-hydrogen) atoms. The number of anilines is 1. The van der Waals surface area contributed by atoms with Crippen LogP contribution in [0.2, 0.25) is 5.02 Å². The minimum absolute atomic E-state index is 0.0250. The zero-order chi connectivity index (χ0) is 15.7. The molecule has 0 N–H and O–H groups in total. The predicted octanol–water partition coefficient (Wildman–Crippen LogP) is 0.965. The molecule has 8 heteroatoms. The number of fused-ring (bicyclic) bond motifs is 1. The molecule has 2 saturated heterocycles. The number of ether oxygens (including phenoxy) is 2. The van der Waals surface area contributed by atoms with Crippen LogP contribution in [-0.4, -0.2) is 66.3 Å². The van der Waals surface area contributed by atoms with Gasteiger partial charge in [-0.2, -0.15) is 4.98 Å². The Morgan fingerprint density at radius 3 is 3.05 bits per heavy atom. The lowest BCUT2D eigenvalue weighted by Gasteiger charge is -2.47. The molecular formula is C14H19ClN4O3. The highest BCUT2D eigenvalue weighted by Crippen LogP contribution is 2.30. The molecule has 0 spiro atoms. The molecule has 2 atom stereocenters. The molecule has 1 aromatic rings. The molecule has 7 nitrogen and oxygen atoms in total. The molecular weight excluding hydrogens is 308 g/mol. The lowest BCUT2D eigenvalue weighted by Crippen LogP contribution is -2.61. The number of methoxy groups -OCH3 is 1. The van der Waals surface area contributed by atoms with Crippen LogP contribution >= 0.6 is 11.6 Å². The normalized spacial score (nSPS) is 24.9. The van der Waals surface area contributed by atoms with Gasteiger partial charge >= 0.3 is 6.01 Å². The summed E-state index contributed by atoms with van der Waals surface area (Å²) in [6, 6.07) is 0.307. The Balaban J connectivity index is 1.83. The fourth-order valence-corrected chi connectivity index (χ4v) is 3.33. The van der Waals surface area contributed by atoms with E-state index in [2.05, 4.69) is 14.9 Å². The van der Waals surface area contributed by atoms with E-state index in [0.29, 0.717) is 30.5 Å². The van der Waals surface area contributed by atoms with Crippen molar-refractivity contribution >= 4 is 23.3 Å². The van der Waals surface area contributed by atoms with Crippen molar-refractivity contribution in [1.29, 1.82) is 0 Å². The highest BCUT2D eigenvalue weighted by Gasteiger charge is 2.39. The molecule has 2 fully saturated rings. The molecule has 2 aliphatic heterocycles. The number of hydrogen-bond donors (Lipinski definition) is 0. The van der Waals surface area contributed by atoms with E-state index >= 15 is 0 Å². The van der Waals surface area contributed by atoms with E-state index in [0.717, 1.165) is 13.0 Å². The summed E-state index contributed by atoms with van der Waals surface area (Å²) in [5, 5.41) is 0.477. The first kappa shape index (κ1) is 15.3. The molecule has 3 rings (SSSR count). The van der Waals surface area contributed by atoms with Crippen molar-refractivity contribution in [3.8, 4) is 6.01 Å². The van der Waals surface area contributed by atoms with Gasteiger partial charge in [0.05, 0.1) is 32.1 Å². The van der Waals surface area contributed by atoms with E-state index in [4.69, 9.17) is 21.1 Å². The van der Waals surface area contributed by atoms with E-state index in [9.17, 15) is 4.79 Å². The van der Waals surface area contributed by atoms with Gasteiger partial charge < -0.3 is 19.3 Å². The summed E-state index contributed by atoms with van der Waals surface area (Å²) in [6.45, 7) is 4.24. The Hall–Kier alpha value is -1.60. The molecule has 2 aliphatic rings. The smallest absolute Gasteiger partial charge is 0.318 e. The number of amides is 1. The summed E-state index contributed by atoms with van der Waals surface area (Å²) >= 11 is 6.23. The first-order valence-electron chi connectivity index (χ1n) is 7.30. The minimum Gasteiger partial charge on any atom is -0.467 e. The van der Waals surface area contributed by atoms with E-state index in [-0.39, 0.29) is 24.1 Å². The lowest BCUT2D eigenvalue weighted by atomic mass is 9.98. The number of hydrogen-bond acceptors (Lipinski definition) is 6. The van der Waals surface area contributed by atoms with Gasteiger partial charge in [0.2, 0.25) is 5.91 Å². The Morgan fingerprint density at radius 2 is 2.32 bits per heavy atom. The molecule has 120 valence electrons. The molecule has 0 saturated carbocycles. The van der Waals surface area contributed by atoms with Crippen LogP contribution in [0.3, 0.4) is 0 Å². The van der Waals surface area contributed by atoms with Crippen LogP contribution in [0.4, 0.5) is 5.82 Å². The van der Waals surface area contributed by atoms with Crippen molar-refractivity contribution in [3.05, 3.63) is 11.2 Å². The van der Waals surface area contributed by atoms with Gasteiger partial charge in [-0.25, -0.2) is 4.98 Å². The van der Waals surface area contributed by atoms with Gasteiger partial charge in [-0.1, -0.05) is 11.6 Å². The lowest BCUT2D eigenvalue weighted by molar-refractivity contribution is -0.145. The maximum atomic E-state index is 11.8. The fraction of sp³-hybridized carbons (Fsp3) is 0.643. The summed E-state index contributed by atoms with van der Waals surface area (Å²) in [5.41, 5.74) is 0. The van der Waals surface area contributed by atoms with Crippen LogP contribution in [0, 0.1) is 0 Å². The number of halogens is 1. The molecule has 0 bridgehead atoms. The zero-order valence-corrected chi connectivity index (χ0v) is 13.4. The van der Waals surface area contributed by atoms with Crippen LogP contribution in [0.5, 0.6) is 6.01 Å². The van der Waals surface area contributed by atoms with Crippen LogP contribution in [-0.2, 0) is 9.53 Å². The first-order valence-corrected chi connectivity index (χ1v) is 7.68. The largest absolute Gasteiger partial charge is 0.467 e. The highest BCUT2D eigenvalue weighted by molar-refractivity contribution is 6.32. The van der Waals surface area contributed by atoms with Crippen LogP contribution in [0.1, 0.15) is 13.3 Å². The molecule has 1 amide bonds. The van der Waals surface area contributed by atoms with Crippen molar-refractivity contribution in [2.24, 2.45) is 0 Å². The summed E-state index contributed by atoms with van der Waals surface area (Å²) < 4.78 is 10.9. The SMILES string of the molecule is COc1ncc(Cl)c(N2CCC3OCCN(C(C)=O)C3C2)n1. The third-order valence-corrected chi connectivity index (χ3v) is 4.44. The van der Waals surface area contributed by atoms with E-state index in [1.165, 1.54) is 13.3 Å². The third-order valence-electron chi connectivity index (χ3n) is 4.17. The molecule has 2 unspecified atom stereocenters. The summed E-state index contributed by atoms with van der Waals surface area (Å²) in [6.07, 6.45) is 2.45. The van der Waals surface area contributed by atoms with Crippen molar-refractivity contribution in [2.45, 2.75) is 25.5 Å². The van der Waals surface area contributed by atoms with E-state index in [1.807, 2.05) is 4.90 Å². The standard InChI is InChI=1S/C14H19ClN4O3/c1-9(20)19-5-6-22-12-3-4-18(8-11(12)19)13-10(15)7-16-14(17-13)21-2/h7,11-12H,3-6,8H2,1-2H3. The maximum absolute atomic E-state index is 11.8. The van der Waals surface area contributed by atoms with Crippen LogP contribution in [0.25, 0.3) is 0 Å². The Kier molecular flexibility index (Phi) is 4.35. The number of nitrogens with zero attached hydrogens (tertiary/aromatic N) is 4. The summed E-state index contributed by atoms with van der Waals surface area (Å²) in [7, 11) is 1.52. The topological polar surface area (TPSA) is 67.8 Å². The fourth-order valence-electron chi connectivity index (χ4n) is 3.12. The van der Waals surface area contributed by atoms with Crippen LogP contribution in [0.15, 0.2) is 6.20 Å². The average molecular weight is 327 g/mol. The average Bonchev–Trinajstić information content (AvgIpc) is 2.54. The third kappa shape index (κ3) is 2.83. The van der Waals surface area contributed by atoms with Gasteiger partial charge in [0.15, 0.2) is 5.82 Å². The maximum Gasteiger partial charge on any atom is 0.318 e. The van der Waals surface area contributed by atoms with Crippen molar-refractivity contribution in [2.75, 3.05) is 38.3 Å².